The second kappa shape index (κ2) is 10.8. The quantitative estimate of drug-likeness (QED) is 0.660. The maximum atomic E-state index is 13.1. The van der Waals surface area contributed by atoms with Gasteiger partial charge in [0, 0.05) is 38.4 Å². The van der Waals surface area contributed by atoms with Gasteiger partial charge in [-0.05, 0) is 47.9 Å². The van der Waals surface area contributed by atoms with Crippen LogP contribution >= 0.6 is 0 Å². The first-order valence-electron chi connectivity index (χ1n) is 9.93. The summed E-state index contributed by atoms with van der Waals surface area (Å²) in [5.41, 5.74) is 1.74. The van der Waals surface area contributed by atoms with Crippen molar-refractivity contribution in [1.29, 1.82) is 0 Å². The number of amides is 2. The first kappa shape index (κ1) is 23.5. The summed E-state index contributed by atoms with van der Waals surface area (Å²) in [6.07, 6.45) is -0.825. The van der Waals surface area contributed by atoms with Crippen LogP contribution in [0.25, 0.3) is 0 Å². The largest absolute Gasteiger partial charge is 0.387 e. The molecule has 0 fully saturated rings. The minimum absolute atomic E-state index is 0.106. The zero-order valence-electron chi connectivity index (χ0n) is 17.9. The number of aliphatic hydroxyl groups is 1. The molecular weight excluding hydrogens is 385 g/mol. The Labute approximate surface area is 177 Å². The highest BCUT2D eigenvalue weighted by molar-refractivity contribution is 5.96. The van der Waals surface area contributed by atoms with Crippen molar-refractivity contribution in [2.75, 3.05) is 39.0 Å². The fourth-order valence-electron chi connectivity index (χ4n) is 3.11. The Hall–Kier alpha value is -2.77. The van der Waals surface area contributed by atoms with Gasteiger partial charge < -0.3 is 15.3 Å². The van der Waals surface area contributed by atoms with E-state index in [-0.39, 0.29) is 30.7 Å². The van der Waals surface area contributed by atoms with Gasteiger partial charge in [0.05, 0.1) is 12.6 Å². The topological polar surface area (TPSA) is 72.9 Å². The summed E-state index contributed by atoms with van der Waals surface area (Å²) < 4.78 is 13.1. The number of nitrogens with one attached hydrogen (secondary N) is 1. The number of nitrogens with zero attached hydrogens (tertiary/aromatic N) is 2. The molecule has 0 aliphatic carbocycles. The molecular formula is C23H30FN3O3. The van der Waals surface area contributed by atoms with Gasteiger partial charge >= 0.3 is 0 Å². The number of rotatable bonds is 9. The highest BCUT2D eigenvalue weighted by atomic mass is 19.1. The molecule has 1 unspecified atom stereocenters. The van der Waals surface area contributed by atoms with Crippen LogP contribution in [0.15, 0.2) is 48.5 Å². The zero-order valence-corrected chi connectivity index (χ0v) is 17.9. The van der Waals surface area contributed by atoms with Crippen LogP contribution in [0.4, 0.5) is 10.1 Å². The number of carbonyl (C=O) groups excluding carboxylic acids is 2. The minimum Gasteiger partial charge on any atom is -0.387 e. The third-order valence-corrected chi connectivity index (χ3v) is 4.50. The molecule has 30 heavy (non-hydrogen) atoms. The average molecular weight is 416 g/mol. The third kappa shape index (κ3) is 7.24. The summed E-state index contributed by atoms with van der Waals surface area (Å²) in [5, 5.41) is 13.3. The van der Waals surface area contributed by atoms with Crippen LogP contribution in [-0.2, 0) is 4.79 Å². The third-order valence-electron chi connectivity index (χ3n) is 4.50. The second-order valence-electron chi connectivity index (χ2n) is 7.98. The van der Waals surface area contributed by atoms with Crippen LogP contribution < -0.4 is 5.32 Å². The molecule has 2 amide bonds. The highest BCUT2D eigenvalue weighted by Gasteiger charge is 2.18. The normalized spacial score (nSPS) is 12.1. The lowest BCUT2D eigenvalue weighted by Crippen LogP contribution is -2.38. The Balaban J connectivity index is 1.99. The van der Waals surface area contributed by atoms with Crippen molar-refractivity contribution in [3.8, 4) is 0 Å². The smallest absolute Gasteiger partial charge is 0.253 e. The van der Waals surface area contributed by atoms with Crippen molar-refractivity contribution >= 4 is 17.5 Å². The van der Waals surface area contributed by atoms with Crippen molar-refractivity contribution in [1.82, 2.24) is 9.80 Å². The van der Waals surface area contributed by atoms with E-state index in [0.29, 0.717) is 29.3 Å². The van der Waals surface area contributed by atoms with E-state index < -0.39 is 6.10 Å². The van der Waals surface area contributed by atoms with E-state index in [0.717, 1.165) is 0 Å². The van der Waals surface area contributed by atoms with Gasteiger partial charge in [0.15, 0.2) is 0 Å². The van der Waals surface area contributed by atoms with Crippen LogP contribution in [0.3, 0.4) is 0 Å². The molecule has 6 nitrogen and oxygen atoms in total. The number of carbonyl (C=O) groups is 2. The Bertz CT molecular complexity index is 836. The molecule has 2 aromatic rings. The zero-order chi connectivity index (χ0) is 22.3. The van der Waals surface area contributed by atoms with E-state index >= 15 is 0 Å². The number of aliphatic hydroxyl groups excluding tert-OH is 1. The fraction of sp³-hybridized carbons (Fsp3) is 0.391. The number of hydrogen-bond acceptors (Lipinski definition) is 4. The van der Waals surface area contributed by atoms with Crippen molar-refractivity contribution in [2.24, 2.45) is 5.92 Å². The second-order valence-corrected chi connectivity index (χ2v) is 7.98. The molecule has 7 heteroatoms. The van der Waals surface area contributed by atoms with E-state index in [1.807, 2.05) is 18.7 Å². The summed E-state index contributed by atoms with van der Waals surface area (Å²) in [5.74, 6) is -0.378. The first-order valence-corrected chi connectivity index (χ1v) is 9.93. The van der Waals surface area contributed by atoms with Gasteiger partial charge in [-0.1, -0.05) is 26.0 Å². The molecule has 0 heterocycles. The molecule has 0 aromatic heterocycles. The minimum atomic E-state index is -0.825. The first-order chi connectivity index (χ1) is 14.2. The Morgan fingerprint density at radius 2 is 1.60 bits per heavy atom. The van der Waals surface area contributed by atoms with E-state index in [2.05, 4.69) is 5.32 Å². The molecule has 1 atom stereocenters. The SMILES string of the molecule is CC(C)CN(CC(=O)Nc1ccc(C(=O)N(C)C)cc1)CC(O)c1ccc(F)cc1. The maximum absolute atomic E-state index is 13.1. The summed E-state index contributed by atoms with van der Waals surface area (Å²) in [4.78, 5) is 27.8. The summed E-state index contributed by atoms with van der Waals surface area (Å²) >= 11 is 0. The van der Waals surface area contributed by atoms with Gasteiger partial charge in [0.1, 0.15) is 5.82 Å². The lowest BCUT2D eigenvalue weighted by Gasteiger charge is -2.26. The van der Waals surface area contributed by atoms with Gasteiger partial charge in [-0.25, -0.2) is 4.39 Å². The van der Waals surface area contributed by atoms with Crippen LogP contribution in [0.1, 0.15) is 35.9 Å². The Kier molecular flexibility index (Phi) is 8.50. The lowest BCUT2D eigenvalue weighted by atomic mass is 10.1. The molecule has 0 spiro atoms. The molecule has 0 aliphatic rings. The maximum Gasteiger partial charge on any atom is 0.253 e. The van der Waals surface area contributed by atoms with Gasteiger partial charge in [0.2, 0.25) is 5.91 Å². The van der Waals surface area contributed by atoms with Crippen molar-refractivity contribution in [3.05, 3.63) is 65.5 Å². The van der Waals surface area contributed by atoms with Crippen LogP contribution in [0.2, 0.25) is 0 Å². The predicted octanol–water partition coefficient (Wildman–Crippen LogP) is 3.16. The van der Waals surface area contributed by atoms with E-state index in [4.69, 9.17) is 0 Å². The standard InChI is InChI=1S/C23H30FN3O3/c1-16(2)13-27(14-21(28)17-5-9-19(24)10-6-17)15-22(29)25-20-11-7-18(8-12-20)23(30)26(3)4/h5-12,16,21,28H,13-15H2,1-4H3,(H,25,29). The number of hydrogen-bond donors (Lipinski definition) is 2. The van der Waals surface area contributed by atoms with E-state index in [1.54, 1.807) is 50.5 Å². The van der Waals surface area contributed by atoms with Crippen LogP contribution in [0.5, 0.6) is 0 Å². The van der Waals surface area contributed by atoms with Gasteiger partial charge in [0.25, 0.3) is 5.91 Å². The summed E-state index contributed by atoms with van der Waals surface area (Å²) in [6, 6.07) is 12.4. The Morgan fingerprint density at radius 1 is 1.00 bits per heavy atom. The number of benzene rings is 2. The molecule has 2 aromatic carbocycles. The average Bonchev–Trinajstić information content (AvgIpc) is 2.67. The monoisotopic (exact) mass is 415 g/mol. The number of halogens is 1. The molecule has 2 N–H and O–H groups in total. The summed E-state index contributed by atoms with van der Waals surface area (Å²) in [6.45, 7) is 5.07. The van der Waals surface area contributed by atoms with E-state index in [9.17, 15) is 19.1 Å². The molecule has 0 saturated heterocycles. The molecule has 0 aliphatic heterocycles. The highest BCUT2D eigenvalue weighted by Crippen LogP contribution is 2.16. The van der Waals surface area contributed by atoms with Gasteiger partial charge in [-0.3, -0.25) is 14.5 Å². The van der Waals surface area contributed by atoms with Gasteiger partial charge in [-0.15, -0.1) is 0 Å². The molecule has 2 rings (SSSR count). The van der Waals surface area contributed by atoms with Crippen molar-refractivity contribution in [2.45, 2.75) is 20.0 Å². The van der Waals surface area contributed by atoms with Crippen molar-refractivity contribution in [3.63, 3.8) is 0 Å². The molecule has 0 saturated carbocycles. The fourth-order valence-corrected chi connectivity index (χ4v) is 3.11. The molecule has 0 bridgehead atoms. The molecule has 162 valence electrons. The number of anilines is 1. The van der Waals surface area contributed by atoms with E-state index in [1.165, 1.54) is 17.0 Å². The predicted molar refractivity (Wildman–Crippen MR) is 116 cm³/mol. The van der Waals surface area contributed by atoms with Gasteiger partial charge in [-0.2, -0.15) is 0 Å². The summed E-state index contributed by atoms with van der Waals surface area (Å²) in [7, 11) is 3.36. The van der Waals surface area contributed by atoms with Crippen molar-refractivity contribution < 1.29 is 19.1 Å². The lowest BCUT2D eigenvalue weighted by molar-refractivity contribution is -0.117. The molecule has 0 radical (unpaired) electrons. The van der Waals surface area contributed by atoms with Crippen LogP contribution in [0, 0.1) is 11.7 Å². The van der Waals surface area contributed by atoms with Crippen LogP contribution in [-0.4, -0.2) is 60.5 Å². The Morgan fingerprint density at radius 3 is 2.13 bits per heavy atom.